The van der Waals surface area contributed by atoms with E-state index in [0.717, 1.165) is 41.4 Å². The maximum atomic E-state index is 12.6. The number of nitrogens with zero attached hydrogens (tertiary/aromatic N) is 3. The number of anilines is 3. The Hall–Kier alpha value is -3.41. The van der Waals surface area contributed by atoms with Gasteiger partial charge in [-0.25, -0.2) is 4.98 Å². The van der Waals surface area contributed by atoms with Gasteiger partial charge in [0.15, 0.2) is 0 Å². The molecule has 0 aliphatic carbocycles. The molecule has 0 atom stereocenters. The molecular formula is C23H27N5O. The molecule has 2 N–H and O–H groups in total. The zero-order valence-corrected chi connectivity index (χ0v) is 17.1. The number of carbonyl (C=O) groups is 1. The number of hydrogen-bond donors (Lipinski definition) is 2. The number of rotatable bonds is 8. The minimum Gasteiger partial charge on any atom is -0.378 e. The van der Waals surface area contributed by atoms with Crippen molar-refractivity contribution in [2.45, 2.75) is 27.3 Å². The fourth-order valence-corrected chi connectivity index (χ4v) is 3.09. The monoisotopic (exact) mass is 389 g/mol. The average molecular weight is 390 g/mol. The molecule has 150 valence electrons. The fourth-order valence-electron chi connectivity index (χ4n) is 3.09. The van der Waals surface area contributed by atoms with Gasteiger partial charge in [-0.15, -0.1) is 0 Å². The number of hydrogen-bond acceptors (Lipinski definition) is 5. The molecule has 0 spiro atoms. The van der Waals surface area contributed by atoms with Gasteiger partial charge < -0.3 is 15.5 Å². The van der Waals surface area contributed by atoms with Crippen LogP contribution >= 0.6 is 0 Å². The molecule has 0 fully saturated rings. The van der Waals surface area contributed by atoms with Crippen LogP contribution in [0.3, 0.4) is 0 Å². The van der Waals surface area contributed by atoms with Crippen LogP contribution in [-0.2, 0) is 6.54 Å². The molecule has 6 nitrogen and oxygen atoms in total. The first-order chi connectivity index (χ1) is 14.1. The van der Waals surface area contributed by atoms with Crippen LogP contribution in [0.1, 0.15) is 35.6 Å². The summed E-state index contributed by atoms with van der Waals surface area (Å²) < 4.78 is 0. The Bertz CT molecular complexity index is 937. The molecule has 0 aliphatic heterocycles. The van der Waals surface area contributed by atoms with E-state index >= 15 is 0 Å². The highest BCUT2D eigenvalue weighted by atomic mass is 16.1. The lowest BCUT2D eigenvalue weighted by Gasteiger charge is -2.22. The summed E-state index contributed by atoms with van der Waals surface area (Å²) in [4.78, 5) is 23.4. The molecule has 6 heteroatoms. The predicted molar refractivity (Wildman–Crippen MR) is 118 cm³/mol. The highest BCUT2D eigenvalue weighted by Gasteiger charge is 2.11. The van der Waals surface area contributed by atoms with E-state index in [1.165, 1.54) is 0 Å². The summed E-state index contributed by atoms with van der Waals surface area (Å²) in [6, 6.07) is 15.4. The van der Waals surface area contributed by atoms with Crippen molar-refractivity contribution in [3.63, 3.8) is 0 Å². The van der Waals surface area contributed by atoms with Gasteiger partial charge in [-0.2, -0.15) is 0 Å². The number of pyridine rings is 2. The van der Waals surface area contributed by atoms with E-state index in [9.17, 15) is 4.79 Å². The molecule has 1 amide bonds. The summed E-state index contributed by atoms with van der Waals surface area (Å²) >= 11 is 0. The van der Waals surface area contributed by atoms with Crippen LogP contribution in [0.5, 0.6) is 0 Å². The van der Waals surface area contributed by atoms with Gasteiger partial charge in [0.1, 0.15) is 5.69 Å². The fraction of sp³-hybridized carbons (Fsp3) is 0.261. The van der Waals surface area contributed by atoms with Crippen molar-refractivity contribution in [2.24, 2.45) is 0 Å². The van der Waals surface area contributed by atoms with Crippen molar-refractivity contribution in [2.75, 3.05) is 28.6 Å². The minimum absolute atomic E-state index is 0.222. The van der Waals surface area contributed by atoms with Gasteiger partial charge in [-0.1, -0.05) is 6.07 Å². The lowest BCUT2D eigenvalue weighted by molar-refractivity contribution is 0.102. The van der Waals surface area contributed by atoms with Gasteiger partial charge in [0.2, 0.25) is 0 Å². The van der Waals surface area contributed by atoms with Crippen LogP contribution < -0.4 is 15.5 Å². The van der Waals surface area contributed by atoms with Gasteiger partial charge in [0.05, 0.1) is 24.1 Å². The van der Waals surface area contributed by atoms with Crippen molar-refractivity contribution in [1.82, 2.24) is 9.97 Å². The Morgan fingerprint density at radius 3 is 2.48 bits per heavy atom. The maximum absolute atomic E-state index is 12.6. The first kappa shape index (κ1) is 20.3. The van der Waals surface area contributed by atoms with E-state index in [2.05, 4.69) is 45.4 Å². The quantitative estimate of drug-likeness (QED) is 0.594. The van der Waals surface area contributed by atoms with Crippen LogP contribution in [0, 0.1) is 6.92 Å². The van der Waals surface area contributed by atoms with Gasteiger partial charge in [-0.05, 0) is 68.8 Å². The smallest absolute Gasteiger partial charge is 0.274 e. The third-order valence-electron chi connectivity index (χ3n) is 4.78. The molecule has 2 heterocycles. The van der Waals surface area contributed by atoms with Crippen LogP contribution in [0.15, 0.2) is 60.9 Å². The first-order valence-corrected chi connectivity index (χ1v) is 9.87. The van der Waals surface area contributed by atoms with E-state index in [1.54, 1.807) is 18.5 Å². The van der Waals surface area contributed by atoms with E-state index in [1.807, 2.05) is 43.3 Å². The molecule has 29 heavy (non-hydrogen) atoms. The van der Waals surface area contributed by atoms with E-state index in [0.29, 0.717) is 12.2 Å². The van der Waals surface area contributed by atoms with Crippen molar-refractivity contribution < 1.29 is 4.79 Å². The maximum Gasteiger partial charge on any atom is 0.274 e. The topological polar surface area (TPSA) is 70.2 Å². The molecule has 0 saturated carbocycles. The molecule has 0 bridgehead atoms. The normalized spacial score (nSPS) is 10.4. The standard InChI is InChI=1S/C23H27N5O/c1-4-28(5-2)20-10-12-21(17(3)14-20)27-23(29)22-11-9-19(16-26-22)25-15-18-8-6-7-13-24-18/h6-14,16,25H,4-5,15H2,1-3H3,(H,27,29). The highest BCUT2D eigenvalue weighted by Crippen LogP contribution is 2.23. The highest BCUT2D eigenvalue weighted by molar-refractivity contribution is 6.03. The number of amides is 1. The number of benzene rings is 1. The number of aromatic nitrogens is 2. The van der Waals surface area contributed by atoms with Gasteiger partial charge >= 0.3 is 0 Å². The SMILES string of the molecule is CCN(CC)c1ccc(NC(=O)c2ccc(NCc3ccccn3)cn2)c(C)c1. The summed E-state index contributed by atoms with van der Waals surface area (Å²) in [5.41, 5.74) is 5.14. The van der Waals surface area contributed by atoms with Crippen molar-refractivity contribution >= 4 is 23.0 Å². The van der Waals surface area contributed by atoms with Crippen LogP contribution in [0.4, 0.5) is 17.1 Å². The number of nitrogens with one attached hydrogen (secondary N) is 2. The van der Waals surface area contributed by atoms with Crippen molar-refractivity contribution in [3.8, 4) is 0 Å². The van der Waals surface area contributed by atoms with Crippen molar-refractivity contribution in [3.05, 3.63) is 77.9 Å². The summed E-state index contributed by atoms with van der Waals surface area (Å²) in [7, 11) is 0. The summed E-state index contributed by atoms with van der Waals surface area (Å²) in [6.07, 6.45) is 3.42. The zero-order valence-electron chi connectivity index (χ0n) is 17.1. The Balaban J connectivity index is 1.62. The van der Waals surface area contributed by atoms with Gasteiger partial charge in [-0.3, -0.25) is 9.78 Å². The molecule has 0 unspecified atom stereocenters. The Kier molecular flexibility index (Phi) is 6.79. The summed E-state index contributed by atoms with van der Waals surface area (Å²) in [5, 5.41) is 6.21. The van der Waals surface area contributed by atoms with Crippen molar-refractivity contribution in [1.29, 1.82) is 0 Å². The third-order valence-corrected chi connectivity index (χ3v) is 4.78. The average Bonchev–Trinajstić information content (AvgIpc) is 2.76. The van der Waals surface area contributed by atoms with Crippen LogP contribution in [-0.4, -0.2) is 29.0 Å². The molecule has 3 rings (SSSR count). The molecule has 3 aromatic rings. The lowest BCUT2D eigenvalue weighted by atomic mass is 10.1. The largest absolute Gasteiger partial charge is 0.378 e. The third kappa shape index (κ3) is 5.31. The van der Waals surface area contributed by atoms with Gasteiger partial charge in [0.25, 0.3) is 5.91 Å². The summed E-state index contributed by atoms with van der Waals surface area (Å²) in [5.74, 6) is -0.222. The number of aryl methyl sites for hydroxylation is 1. The second kappa shape index (κ2) is 9.68. The molecular weight excluding hydrogens is 362 g/mol. The molecule has 0 saturated heterocycles. The molecule has 2 aromatic heterocycles. The second-order valence-corrected chi connectivity index (χ2v) is 6.73. The van der Waals surface area contributed by atoms with E-state index in [-0.39, 0.29) is 5.91 Å². The Labute approximate surface area is 172 Å². The summed E-state index contributed by atoms with van der Waals surface area (Å²) in [6.45, 7) is 8.77. The van der Waals surface area contributed by atoms with Crippen LogP contribution in [0.2, 0.25) is 0 Å². The predicted octanol–water partition coefficient (Wildman–Crippen LogP) is 4.50. The first-order valence-electron chi connectivity index (χ1n) is 9.87. The molecule has 0 aliphatic rings. The van der Waals surface area contributed by atoms with Crippen LogP contribution in [0.25, 0.3) is 0 Å². The molecule has 0 radical (unpaired) electrons. The molecule has 1 aromatic carbocycles. The minimum atomic E-state index is -0.222. The number of carbonyl (C=O) groups excluding carboxylic acids is 1. The van der Waals surface area contributed by atoms with E-state index in [4.69, 9.17) is 0 Å². The van der Waals surface area contributed by atoms with Gasteiger partial charge in [0, 0.05) is 30.7 Å². The Morgan fingerprint density at radius 1 is 1.03 bits per heavy atom. The lowest BCUT2D eigenvalue weighted by Crippen LogP contribution is -2.22. The zero-order chi connectivity index (χ0) is 20.6. The second-order valence-electron chi connectivity index (χ2n) is 6.73. The van der Waals surface area contributed by atoms with E-state index < -0.39 is 0 Å². The Morgan fingerprint density at radius 2 is 1.86 bits per heavy atom.